The molecule has 3 unspecified atom stereocenters. The summed E-state index contributed by atoms with van der Waals surface area (Å²) in [5.41, 5.74) is 0. The Morgan fingerprint density at radius 2 is 2.35 bits per heavy atom. The molecule has 2 nitrogen and oxygen atoms in total. The summed E-state index contributed by atoms with van der Waals surface area (Å²) in [6.07, 6.45) is 9.01. The number of nitrogens with one attached hydrogen (secondary N) is 1. The van der Waals surface area contributed by atoms with E-state index in [1.165, 1.54) is 42.0 Å². The van der Waals surface area contributed by atoms with Crippen molar-refractivity contribution in [2.24, 2.45) is 11.8 Å². The molecular formula is C14H24N2S. The molecule has 0 bridgehead atoms. The number of aromatic nitrogens is 1. The molecule has 1 aliphatic rings. The predicted octanol–water partition coefficient (Wildman–Crippen LogP) is 3.93. The molecule has 2 rings (SSSR count). The Morgan fingerprint density at radius 1 is 1.53 bits per heavy atom. The molecule has 0 spiro atoms. The highest BCUT2D eigenvalue weighted by Crippen LogP contribution is 2.39. The average molecular weight is 252 g/mol. The van der Waals surface area contributed by atoms with Crippen LogP contribution in [0.2, 0.25) is 0 Å². The molecule has 0 saturated heterocycles. The van der Waals surface area contributed by atoms with Crippen LogP contribution in [0.1, 0.15) is 55.0 Å². The fraction of sp³-hybridized carbons (Fsp3) is 0.786. The standard InChI is InChI=1S/C14H24N2S/c1-4-11-6-5-7-12(8-11)14(15-3)13-9-16-10(2)17-13/h9,11-12,14-15H,4-8H2,1-3H3. The van der Waals surface area contributed by atoms with Crippen LogP contribution in [0, 0.1) is 18.8 Å². The minimum Gasteiger partial charge on any atom is -0.312 e. The minimum atomic E-state index is 0.524. The van der Waals surface area contributed by atoms with Gasteiger partial charge in [0.25, 0.3) is 0 Å². The Labute approximate surface area is 109 Å². The topological polar surface area (TPSA) is 24.9 Å². The first kappa shape index (κ1) is 13.0. The second-order valence-corrected chi connectivity index (χ2v) is 6.52. The summed E-state index contributed by atoms with van der Waals surface area (Å²) >= 11 is 1.85. The quantitative estimate of drug-likeness (QED) is 0.878. The van der Waals surface area contributed by atoms with Crippen LogP contribution < -0.4 is 5.32 Å². The zero-order chi connectivity index (χ0) is 12.3. The molecule has 1 aliphatic carbocycles. The smallest absolute Gasteiger partial charge is 0.0897 e. The molecule has 1 fully saturated rings. The maximum Gasteiger partial charge on any atom is 0.0897 e. The van der Waals surface area contributed by atoms with Crippen molar-refractivity contribution >= 4 is 11.3 Å². The highest BCUT2D eigenvalue weighted by atomic mass is 32.1. The molecule has 3 atom stereocenters. The summed E-state index contributed by atoms with van der Waals surface area (Å²) < 4.78 is 0. The first-order valence-corrected chi connectivity index (χ1v) is 7.65. The van der Waals surface area contributed by atoms with Gasteiger partial charge in [0.15, 0.2) is 0 Å². The number of aryl methyl sites for hydroxylation is 1. The van der Waals surface area contributed by atoms with Crippen LogP contribution in [0.4, 0.5) is 0 Å². The molecule has 0 aromatic carbocycles. The van der Waals surface area contributed by atoms with Crippen molar-refractivity contribution in [3.05, 3.63) is 16.1 Å². The van der Waals surface area contributed by atoms with E-state index < -0.39 is 0 Å². The molecule has 17 heavy (non-hydrogen) atoms. The van der Waals surface area contributed by atoms with Gasteiger partial charge in [-0.2, -0.15) is 0 Å². The third kappa shape index (κ3) is 3.08. The summed E-state index contributed by atoms with van der Waals surface area (Å²) in [6, 6.07) is 0.524. The van der Waals surface area contributed by atoms with Gasteiger partial charge >= 0.3 is 0 Å². The van der Waals surface area contributed by atoms with Gasteiger partial charge in [0.1, 0.15) is 0 Å². The van der Waals surface area contributed by atoms with E-state index in [1.54, 1.807) is 0 Å². The van der Waals surface area contributed by atoms with Crippen molar-refractivity contribution in [3.8, 4) is 0 Å². The number of thiazole rings is 1. The van der Waals surface area contributed by atoms with E-state index in [4.69, 9.17) is 0 Å². The first-order valence-electron chi connectivity index (χ1n) is 6.84. The van der Waals surface area contributed by atoms with E-state index in [9.17, 15) is 0 Å². The number of nitrogens with zero attached hydrogens (tertiary/aromatic N) is 1. The van der Waals surface area contributed by atoms with E-state index in [0.29, 0.717) is 6.04 Å². The lowest BCUT2D eigenvalue weighted by Gasteiger charge is -2.33. The summed E-state index contributed by atoms with van der Waals surface area (Å²) in [5, 5.41) is 4.70. The molecule has 0 aliphatic heterocycles. The van der Waals surface area contributed by atoms with Crippen LogP contribution in [-0.2, 0) is 0 Å². The van der Waals surface area contributed by atoms with Crippen molar-refractivity contribution in [1.82, 2.24) is 10.3 Å². The van der Waals surface area contributed by atoms with Crippen LogP contribution in [0.15, 0.2) is 6.20 Å². The van der Waals surface area contributed by atoms with Crippen molar-refractivity contribution in [3.63, 3.8) is 0 Å². The lowest BCUT2D eigenvalue weighted by Crippen LogP contribution is -2.28. The number of hydrogen-bond acceptors (Lipinski definition) is 3. The summed E-state index contributed by atoms with van der Waals surface area (Å²) in [7, 11) is 2.09. The molecule has 3 heteroatoms. The van der Waals surface area contributed by atoms with E-state index >= 15 is 0 Å². The minimum absolute atomic E-state index is 0.524. The Bertz CT molecular complexity index is 348. The highest BCUT2D eigenvalue weighted by Gasteiger charge is 2.28. The fourth-order valence-electron chi connectivity index (χ4n) is 3.14. The van der Waals surface area contributed by atoms with Gasteiger partial charge in [0.05, 0.1) is 5.01 Å². The van der Waals surface area contributed by atoms with Crippen molar-refractivity contribution in [2.45, 2.75) is 52.0 Å². The molecule has 0 radical (unpaired) electrons. The maximum atomic E-state index is 4.40. The van der Waals surface area contributed by atoms with E-state index in [2.05, 4.69) is 37.4 Å². The van der Waals surface area contributed by atoms with Crippen LogP contribution in [0.3, 0.4) is 0 Å². The van der Waals surface area contributed by atoms with Crippen molar-refractivity contribution in [1.29, 1.82) is 0 Å². The molecular weight excluding hydrogens is 228 g/mol. The summed E-state index contributed by atoms with van der Waals surface area (Å²) in [4.78, 5) is 5.82. The largest absolute Gasteiger partial charge is 0.312 e. The third-order valence-electron chi connectivity index (χ3n) is 4.13. The molecule has 96 valence electrons. The van der Waals surface area contributed by atoms with Gasteiger partial charge in [-0.25, -0.2) is 4.98 Å². The number of hydrogen-bond donors (Lipinski definition) is 1. The third-order valence-corrected chi connectivity index (χ3v) is 5.12. The van der Waals surface area contributed by atoms with Gasteiger partial charge in [-0.1, -0.05) is 26.2 Å². The highest BCUT2D eigenvalue weighted by molar-refractivity contribution is 7.11. The van der Waals surface area contributed by atoms with Gasteiger partial charge in [-0.15, -0.1) is 11.3 Å². The Balaban J connectivity index is 2.07. The Hall–Kier alpha value is -0.410. The average Bonchev–Trinajstić information content (AvgIpc) is 2.77. The van der Waals surface area contributed by atoms with Gasteiger partial charge < -0.3 is 5.32 Å². The number of rotatable bonds is 4. The van der Waals surface area contributed by atoms with Gasteiger partial charge in [-0.3, -0.25) is 0 Å². The van der Waals surface area contributed by atoms with Crippen LogP contribution in [0.5, 0.6) is 0 Å². The van der Waals surface area contributed by atoms with Crippen molar-refractivity contribution in [2.75, 3.05) is 7.05 Å². The lowest BCUT2D eigenvalue weighted by atomic mass is 9.76. The van der Waals surface area contributed by atoms with Crippen LogP contribution in [0.25, 0.3) is 0 Å². The van der Waals surface area contributed by atoms with Gasteiger partial charge in [-0.05, 0) is 38.6 Å². The SMILES string of the molecule is CCC1CCCC(C(NC)c2cnc(C)s2)C1. The van der Waals surface area contributed by atoms with Crippen molar-refractivity contribution < 1.29 is 0 Å². The second kappa shape index (κ2) is 5.96. The summed E-state index contributed by atoms with van der Waals surface area (Å²) in [5.74, 6) is 1.75. The van der Waals surface area contributed by atoms with Crippen LogP contribution in [-0.4, -0.2) is 12.0 Å². The normalized spacial score (nSPS) is 27.0. The molecule has 1 aromatic rings. The fourth-order valence-corrected chi connectivity index (χ4v) is 4.13. The molecule has 1 heterocycles. The van der Waals surface area contributed by atoms with E-state index in [0.717, 1.165) is 11.8 Å². The van der Waals surface area contributed by atoms with Gasteiger partial charge in [0.2, 0.25) is 0 Å². The molecule has 1 saturated carbocycles. The second-order valence-electron chi connectivity index (χ2n) is 5.25. The zero-order valence-electron chi connectivity index (χ0n) is 11.2. The Kier molecular flexibility index (Phi) is 4.57. The van der Waals surface area contributed by atoms with Gasteiger partial charge in [0, 0.05) is 17.1 Å². The Morgan fingerprint density at radius 3 is 2.94 bits per heavy atom. The zero-order valence-corrected chi connectivity index (χ0v) is 12.0. The molecule has 1 N–H and O–H groups in total. The summed E-state index contributed by atoms with van der Waals surface area (Å²) in [6.45, 7) is 4.43. The lowest BCUT2D eigenvalue weighted by molar-refractivity contribution is 0.216. The monoisotopic (exact) mass is 252 g/mol. The van der Waals surface area contributed by atoms with E-state index in [-0.39, 0.29) is 0 Å². The molecule has 1 aromatic heterocycles. The van der Waals surface area contributed by atoms with E-state index in [1.807, 2.05) is 11.3 Å². The van der Waals surface area contributed by atoms with Crippen LogP contribution >= 0.6 is 11.3 Å². The molecule has 0 amide bonds. The maximum absolute atomic E-state index is 4.40. The first-order chi connectivity index (χ1) is 8.24. The predicted molar refractivity (Wildman–Crippen MR) is 74.4 cm³/mol.